The van der Waals surface area contributed by atoms with Crippen molar-refractivity contribution >= 4 is 12.0 Å². The van der Waals surface area contributed by atoms with Gasteiger partial charge in [0, 0.05) is 6.08 Å². The van der Waals surface area contributed by atoms with Crippen LogP contribution in [0.1, 0.15) is 23.6 Å². The molecule has 1 N–H and O–H groups in total. The Morgan fingerprint density at radius 2 is 1.68 bits per heavy atom. The lowest BCUT2D eigenvalue weighted by Gasteiger charge is -2.18. The maximum atomic E-state index is 12.9. The number of carbonyl (C=O) groups excluding carboxylic acids is 1. The van der Waals surface area contributed by atoms with Gasteiger partial charge in [0.05, 0.1) is 12.2 Å². The molecule has 0 fully saturated rings. The number of halogens is 6. The highest BCUT2D eigenvalue weighted by Gasteiger charge is 2.46. The lowest BCUT2D eigenvalue weighted by molar-refractivity contribution is -0.163. The van der Waals surface area contributed by atoms with Crippen molar-refractivity contribution in [3.63, 3.8) is 0 Å². The minimum Gasteiger partial charge on any atom is -0.507 e. The van der Waals surface area contributed by atoms with E-state index in [1.807, 2.05) is 0 Å². The van der Waals surface area contributed by atoms with Gasteiger partial charge in [0.2, 0.25) is 0 Å². The lowest BCUT2D eigenvalue weighted by atomic mass is 9.98. The zero-order valence-corrected chi connectivity index (χ0v) is 11.0. The molecule has 1 rings (SSSR count). The van der Waals surface area contributed by atoms with Crippen LogP contribution in [-0.4, -0.2) is 17.7 Å². The number of hydrogen-bond donors (Lipinski definition) is 1. The second kappa shape index (κ2) is 6.29. The molecule has 0 amide bonds. The van der Waals surface area contributed by atoms with Gasteiger partial charge in [-0.1, -0.05) is 6.07 Å². The van der Waals surface area contributed by atoms with E-state index in [2.05, 4.69) is 4.74 Å². The van der Waals surface area contributed by atoms with Crippen molar-refractivity contribution in [3.05, 3.63) is 34.9 Å². The van der Waals surface area contributed by atoms with E-state index >= 15 is 0 Å². The van der Waals surface area contributed by atoms with Crippen molar-refractivity contribution in [1.29, 1.82) is 0 Å². The van der Waals surface area contributed by atoms with Crippen LogP contribution in [0.5, 0.6) is 5.75 Å². The van der Waals surface area contributed by atoms with E-state index < -0.39 is 40.8 Å². The highest BCUT2D eigenvalue weighted by molar-refractivity contribution is 5.87. The maximum absolute atomic E-state index is 12.9. The molecule has 0 saturated carbocycles. The van der Waals surface area contributed by atoms with Crippen LogP contribution in [-0.2, 0) is 21.9 Å². The van der Waals surface area contributed by atoms with Crippen molar-refractivity contribution in [2.75, 3.05) is 6.61 Å². The molecule has 22 heavy (non-hydrogen) atoms. The minimum absolute atomic E-state index is 0.0430. The number of esters is 1. The molecule has 0 aromatic heterocycles. The third-order valence-electron chi connectivity index (χ3n) is 2.47. The van der Waals surface area contributed by atoms with Gasteiger partial charge in [-0.3, -0.25) is 0 Å². The molecule has 0 bridgehead atoms. The molecular formula is C13H10F6O3. The topological polar surface area (TPSA) is 46.5 Å². The summed E-state index contributed by atoms with van der Waals surface area (Å²) < 4.78 is 81.5. The summed E-state index contributed by atoms with van der Waals surface area (Å²) in [6.45, 7) is 1.41. The predicted molar refractivity (Wildman–Crippen MR) is 63.8 cm³/mol. The third kappa shape index (κ3) is 4.15. The molecule has 0 saturated heterocycles. The van der Waals surface area contributed by atoms with Gasteiger partial charge in [-0.2, -0.15) is 26.3 Å². The van der Waals surface area contributed by atoms with Gasteiger partial charge in [0.15, 0.2) is 0 Å². The minimum atomic E-state index is -5.41. The summed E-state index contributed by atoms with van der Waals surface area (Å²) in [4.78, 5) is 11.1. The van der Waals surface area contributed by atoms with Gasteiger partial charge in [0.25, 0.3) is 0 Å². The van der Waals surface area contributed by atoms with Crippen LogP contribution in [0, 0.1) is 0 Å². The Hall–Kier alpha value is -2.19. The van der Waals surface area contributed by atoms with E-state index in [9.17, 15) is 31.1 Å². The number of alkyl halides is 6. The summed E-state index contributed by atoms with van der Waals surface area (Å²) >= 11 is 0. The molecule has 122 valence electrons. The van der Waals surface area contributed by atoms with Crippen molar-refractivity contribution in [3.8, 4) is 5.75 Å². The Kier molecular flexibility index (Phi) is 5.10. The molecular weight excluding hydrogens is 318 g/mol. The van der Waals surface area contributed by atoms with E-state index in [0.29, 0.717) is 24.3 Å². The van der Waals surface area contributed by atoms with Crippen LogP contribution in [0.4, 0.5) is 26.3 Å². The molecule has 0 unspecified atom stereocenters. The molecule has 0 radical (unpaired) electrons. The summed E-state index contributed by atoms with van der Waals surface area (Å²) in [7, 11) is 0. The summed E-state index contributed by atoms with van der Waals surface area (Å²) in [5.74, 6) is -2.55. The van der Waals surface area contributed by atoms with E-state index in [-0.39, 0.29) is 6.61 Å². The standard InChI is InChI=1S/C13H10F6O3/c1-2-22-9(21)6-4-7-3-5-8(20)11(13(17,18)19)10(7)12(14,15)16/h3-6,20H,2H2,1H3/b6-4-. The molecule has 1 aromatic rings. The summed E-state index contributed by atoms with van der Waals surface area (Å²) in [5, 5.41) is 9.14. The van der Waals surface area contributed by atoms with Gasteiger partial charge in [-0.15, -0.1) is 0 Å². The Morgan fingerprint density at radius 1 is 1.14 bits per heavy atom. The fraction of sp³-hybridized carbons (Fsp3) is 0.308. The second-order valence-corrected chi connectivity index (χ2v) is 4.00. The Balaban J connectivity index is 3.50. The van der Waals surface area contributed by atoms with Crippen LogP contribution < -0.4 is 0 Å². The van der Waals surface area contributed by atoms with Crippen LogP contribution in [0.15, 0.2) is 18.2 Å². The van der Waals surface area contributed by atoms with E-state index in [1.54, 1.807) is 0 Å². The summed E-state index contributed by atoms with van der Waals surface area (Å²) in [6.07, 6.45) is -9.67. The predicted octanol–water partition coefficient (Wildman–Crippen LogP) is 4.01. The summed E-state index contributed by atoms with van der Waals surface area (Å²) in [5.41, 5.74) is -5.18. The first-order valence-corrected chi connectivity index (χ1v) is 5.83. The summed E-state index contributed by atoms with van der Waals surface area (Å²) in [6, 6.07) is 1.10. The fourth-order valence-corrected chi connectivity index (χ4v) is 1.69. The highest BCUT2D eigenvalue weighted by atomic mass is 19.4. The number of aromatic hydroxyl groups is 1. The zero-order chi connectivity index (χ0) is 17.1. The molecule has 1 aromatic carbocycles. The number of rotatable bonds is 3. The van der Waals surface area contributed by atoms with Gasteiger partial charge >= 0.3 is 18.3 Å². The molecule has 9 heteroatoms. The van der Waals surface area contributed by atoms with Gasteiger partial charge in [-0.05, 0) is 24.6 Å². The van der Waals surface area contributed by atoms with E-state index in [0.717, 1.165) is 0 Å². The number of phenolic OH excluding ortho intramolecular Hbond substituents is 1. The third-order valence-corrected chi connectivity index (χ3v) is 2.47. The van der Waals surface area contributed by atoms with Crippen molar-refractivity contribution in [2.45, 2.75) is 19.3 Å². The van der Waals surface area contributed by atoms with Crippen LogP contribution in [0.2, 0.25) is 0 Å². The smallest absolute Gasteiger partial charge is 0.420 e. The van der Waals surface area contributed by atoms with Crippen LogP contribution in [0.25, 0.3) is 6.08 Å². The van der Waals surface area contributed by atoms with Gasteiger partial charge in [-0.25, -0.2) is 4.79 Å². The second-order valence-electron chi connectivity index (χ2n) is 4.00. The number of phenols is 1. The molecule has 0 aliphatic carbocycles. The van der Waals surface area contributed by atoms with Crippen molar-refractivity contribution in [1.82, 2.24) is 0 Å². The fourth-order valence-electron chi connectivity index (χ4n) is 1.69. The van der Waals surface area contributed by atoms with Crippen LogP contribution in [0.3, 0.4) is 0 Å². The van der Waals surface area contributed by atoms with Gasteiger partial charge in [0.1, 0.15) is 11.3 Å². The SMILES string of the molecule is CCOC(=O)/C=C\c1ccc(O)c(C(F)(F)F)c1C(F)(F)F. The molecule has 0 atom stereocenters. The first-order chi connectivity index (χ1) is 9.98. The maximum Gasteiger partial charge on any atom is 0.420 e. The number of carbonyl (C=O) groups is 1. The highest BCUT2D eigenvalue weighted by Crippen LogP contribution is 2.46. The molecule has 0 heterocycles. The van der Waals surface area contributed by atoms with Crippen LogP contribution >= 0.6 is 0 Å². The monoisotopic (exact) mass is 328 g/mol. The van der Waals surface area contributed by atoms with Crippen molar-refractivity contribution in [2.24, 2.45) is 0 Å². The molecule has 0 aliphatic rings. The Labute approximate surface area is 120 Å². The number of hydrogen-bond acceptors (Lipinski definition) is 3. The average molecular weight is 328 g/mol. The molecule has 3 nitrogen and oxygen atoms in total. The average Bonchev–Trinajstić information content (AvgIpc) is 2.34. The molecule has 0 spiro atoms. The largest absolute Gasteiger partial charge is 0.507 e. The zero-order valence-electron chi connectivity index (χ0n) is 11.0. The first-order valence-electron chi connectivity index (χ1n) is 5.83. The normalized spacial score (nSPS) is 12.7. The van der Waals surface area contributed by atoms with E-state index in [4.69, 9.17) is 5.11 Å². The Morgan fingerprint density at radius 3 is 2.14 bits per heavy atom. The lowest BCUT2D eigenvalue weighted by Crippen LogP contribution is -2.18. The quantitative estimate of drug-likeness (QED) is 0.518. The number of ether oxygens (including phenoxy) is 1. The van der Waals surface area contributed by atoms with Crippen molar-refractivity contribution < 1.29 is 41.0 Å². The first kappa shape index (κ1) is 17.9. The molecule has 0 aliphatic heterocycles. The Bertz CT molecular complexity index is 587. The number of benzene rings is 1. The van der Waals surface area contributed by atoms with Gasteiger partial charge < -0.3 is 9.84 Å². The van der Waals surface area contributed by atoms with E-state index in [1.165, 1.54) is 6.92 Å².